The first-order valence-electron chi connectivity index (χ1n) is 9.18. The predicted molar refractivity (Wildman–Crippen MR) is 104 cm³/mol. The lowest BCUT2D eigenvalue weighted by Gasteiger charge is -2.17. The summed E-state index contributed by atoms with van der Waals surface area (Å²) in [6.07, 6.45) is 3.16. The van der Waals surface area contributed by atoms with E-state index in [0.717, 1.165) is 23.0 Å². The maximum absolute atomic E-state index is 12.9. The number of hydrogen-bond acceptors (Lipinski definition) is 4. The van der Waals surface area contributed by atoms with Gasteiger partial charge in [-0.2, -0.15) is 0 Å². The molecule has 4 rings (SSSR count). The monoisotopic (exact) mass is 379 g/mol. The van der Waals surface area contributed by atoms with Crippen LogP contribution in [0.3, 0.4) is 0 Å². The standard InChI is InChI=1S/C21H21N3O4/c1-28-19-5-3-15(21(26)27)9-16(19)8-13-6-7-24(11-13)20(25)14-2-4-17-18(10-14)23-12-22-17/h2-5,9-10,12-13H,6-8,11H2,1H3,(H,22,23)(H,26,27). The molecule has 0 aliphatic carbocycles. The molecule has 0 radical (unpaired) electrons. The van der Waals surface area contributed by atoms with Crippen molar-refractivity contribution < 1.29 is 19.4 Å². The van der Waals surface area contributed by atoms with Gasteiger partial charge >= 0.3 is 5.97 Å². The minimum atomic E-state index is -0.957. The number of ether oxygens (including phenoxy) is 1. The second-order valence-corrected chi connectivity index (χ2v) is 7.08. The number of aromatic nitrogens is 2. The molecular formula is C21H21N3O4. The number of nitrogens with one attached hydrogen (secondary N) is 1. The number of aromatic carboxylic acids is 1. The van der Waals surface area contributed by atoms with Gasteiger partial charge in [0.25, 0.3) is 5.91 Å². The summed E-state index contributed by atoms with van der Waals surface area (Å²) in [6.45, 7) is 1.33. The number of nitrogens with zero attached hydrogens (tertiary/aromatic N) is 2. The predicted octanol–water partition coefficient (Wildman–Crippen LogP) is 2.97. The molecule has 144 valence electrons. The van der Waals surface area contributed by atoms with Crippen LogP contribution in [0.25, 0.3) is 11.0 Å². The number of benzene rings is 2. The molecule has 7 heteroatoms. The van der Waals surface area contributed by atoms with E-state index >= 15 is 0 Å². The van der Waals surface area contributed by atoms with Crippen LogP contribution in [0.5, 0.6) is 5.75 Å². The fourth-order valence-corrected chi connectivity index (χ4v) is 3.82. The van der Waals surface area contributed by atoms with Crippen LogP contribution in [0, 0.1) is 5.92 Å². The molecule has 1 atom stereocenters. The Morgan fingerprint density at radius 2 is 2.07 bits per heavy atom. The normalized spacial score (nSPS) is 16.5. The molecule has 1 fully saturated rings. The molecule has 0 spiro atoms. The zero-order chi connectivity index (χ0) is 19.7. The van der Waals surface area contributed by atoms with Crippen molar-refractivity contribution >= 4 is 22.9 Å². The molecule has 28 heavy (non-hydrogen) atoms. The maximum Gasteiger partial charge on any atom is 0.335 e. The Kier molecular flexibility index (Phi) is 4.73. The average molecular weight is 379 g/mol. The highest BCUT2D eigenvalue weighted by molar-refractivity contribution is 5.97. The maximum atomic E-state index is 12.9. The fraction of sp³-hybridized carbons (Fsp3) is 0.286. The van der Waals surface area contributed by atoms with Crippen LogP contribution in [-0.2, 0) is 6.42 Å². The first-order chi connectivity index (χ1) is 13.5. The van der Waals surface area contributed by atoms with Crippen LogP contribution in [0.1, 0.15) is 32.7 Å². The second-order valence-electron chi connectivity index (χ2n) is 7.08. The molecule has 1 unspecified atom stereocenters. The van der Waals surface area contributed by atoms with Gasteiger partial charge in [-0.3, -0.25) is 4.79 Å². The van der Waals surface area contributed by atoms with Crippen LogP contribution >= 0.6 is 0 Å². The van der Waals surface area contributed by atoms with Gasteiger partial charge in [-0.05, 0) is 60.7 Å². The van der Waals surface area contributed by atoms with Crippen molar-refractivity contribution in [2.24, 2.45) is 5.92 Å². The highest BCUT2D eigenvalue weighted by atomic mass is 16.5. The van der Waals surface area contributed by atoms with Crippen molar-refractivity contribution in [3.8, 4) is 5.75 Å². The topological polar surface area (TPSA) is 95.5 Å². The number of methoxy groups -OCH3 is 1. The molecule has 1 amide bonds. The third kappa shape index (κ3) is 3.43. The highest BCUT2D eigenvalue weighted by Crippen LogP contribution is 2.28. The fourth-order valence-electron chi connectivity index (χ4n) is 3.82. The lowest BCUT2D eigenvalue weighted by atomic mass is 9.96. The minimum absolute atomic E-state index is 0.00486. The third-order valence-electron chi connectivity index (χ3n) is 5.28. The Labute approximate surface area is 162 Å². The summed E-state index contributed by atoms with van der Waals surface area (Å²) >= 11 is 0. The Morgan fingerprint density at radius 3 is 2.86 bits per heavy atom. The van der Waals surface area contributed by atoms with E-state index in [-0.39, 0.29) is 17.4 Å². The smallest absolute Gasteiger partial charge is 0.335 e. The molecule has 2 N–H and O–H groups in total. The van der Waals surface area contributed by atoms with Gasteiger partial charge in [-0.15, -0.1) is 0 Å². The molecule has 0 saturated carbocycles. The van der Waals surface area contributed by atoms with E-state index in [0.29, 0.717) is 30.8 Å². The summed E-state index contributed by atoms with van der Waals surface area (Å²) in [4.78, 5) is 33.2. The summed E-state index contributed by atoms with van der Waals surface area (Å²) in [6, 6.07) is 10.4. The van der Waals surface area contributed by atoms with Gasteiger partial charge < -0.3 is 19.7 Å². The molecule has 3 aromatic rings. The Bertz CT molecular complexity index is 1040. The van der Waals surface area contributed by atoms with Crippen molar-refractivity contribution in [1.82, 2.24) is 14.9 Å². The zero-order valence-corrected chi connectivity index (χ0v) is 15.5. The lowest BCUT2D eigenvalue weighted by molar-refractivity contribution is 0.0696. The highest BCUT2D eigenvalue weighted by Gasteiger charge is 2.28. The number of H-pyrrole nitrogens is 1. The van der Waals surface area contributed by atoms with E-state index in [9.17, 15) is 14.7 Å². The van der Waals surface area contributed by atoms with E-state index < -0.39 is 5.97 Å². The number of carboxylic acid groups (broad SMARTS) is 1. The number of carbonyl (C=O) groups excluding carboxylic acids is 1. The van der Waals surface area contributed by atoms with Gasteiger partial charge in [0, 0.05) is 18.7 Å². The quantitative estimate of drug-likeness (QED) is 0.711. The van der Waals surface area contributed by atoms with Crippen molar-refractivity contribution in [2.75, 3.05) is 20.2 Å². The SMILES string of the molecule is COc1ccc(C(=O)O)cc1CC1CCN(C(=O)c2ccc3nc[nH]c3c2)C1. The number of likely N-dealkylation sites (tertiary alicyclic amines) is 1. The molecular weight excluding hydrogens is 358 g/mol. The van der Waals surface area contributed by atoms with Crippen molar-refractivity contribution in [3.63, 3.8) is 0 Å². The second kappa shape index (κ2) is 7.34. The van der Waals surface area contributed by atoms with Gasteiger partial charge in [0.2, 0.25) is 0 Å². The zero-order valence-electron chi connectivity index (χ0n) is 15.5. The van der Waals surface area contributed by atoms with Gasteiger partial charge in [0.1, 0.15) is 5.75 Å². The summed E-state index contributed by atoms with van der Waals surface area (Å²) in [7, 11) is 1.58. The number of aromatic amines is 1. The molecule has 1 saturated heterocycles. The summed E-state index contributed by atoms with van der Waals surface area (Å²) in [5.41, 5.74) is 3.43. The summed E-state index contributed by atoms with van der Waals surface area (Å²) < 4.78 is 5.38. The van der Waals surface area contributed by atoms with Crippen molar-refractivity contribution in [1.29, 1.82) is 0 Å². The van der Waals surface area contributed by atoms with Crippen LogP contribution in [0.4, 0.5) is 0 Å². The molecule has 2 heterocycles. The van der Waals surface area contributed by atoms with E-state index in [1.54, 1.807) is 37.7 Å². The van der Waals surface area contributed by atoms with Gasteiger partial charge in [0.05, 0.1) is 30.0 Å². The number of carbonyl (C=O) groups is 2. The third-order valence-corrected chi connectivity index (χ3v) is 5.28. The molecule has 1 aliphatic rings. The van der Waals surface area contributed by atoms with E-state index in [4.69, 9.17) is 4.74 Å². The van der Waals surface area contributed by atoms with Crippen LogP contribution in [-0.4, -0.2) is 52.1 Å². The van der Waals surface area contributed by atoms with Crippen LogP contribution in [0.15, 0.2) is 42.7 Å². The minimum Gasteiger partial charge on any atom is -0.496 e. The van der Waals surface area contributed by atoms with Gasteiger partial charge in [-0.1, -0.05) is 0 Å². The lowest BCUT2D eigenvalue weighted by Crippen LogP contribution is -2.29. The first-order valence-corrected chi connectivity index (χ1v) is 9.18. The van der Waals surface area contributed by atoms with Crippen LogP contribution < -0.4 is 4.74 Å². The number of rotatable bonds is 5. The molecule has 2 aromatic carbocycles. The summed E-state index contributed by atoms with van der Waals surface area (Å²) in [5, 5.41) is 9.23. The Balaban J connectivity index is 1.47. The van der Waals surface area contributed by atoms with Gasteiger partial charge in [-0.25, -0.2) is 9.78 Å². The number of imidazole rings is 1. The Hall–Kier alpha value is -3.35. The van der Waals surface area contributed by atoms with Gasteiger partial charge in [0.15, 0.2) is 0 Å². The van der Waals surface area contributed by atoms with E-state index in [1.807, 2.05) is 17.0 Å². The van der Waals surface area contributed by atoms with E-state index in [1.165, 1.54) is 0 Å². The molecule has 1 aromatic heterocycles. The summed E-state index contributed by atoms with van der Waals surface area (Å²) in [5.74, 6) is -0.0103. The first kappa shape index (κ1) is 18.0. The average Bonchev–Trinajstić information content (AvgIpc) is 3.36. The Morgan fingerprint density at radius 1 is 1.25 bits per heavy atom. The molecule has 1 aliphatic heterocycles. The number of amides is 1. The largest absolute Gasteiger partial charge is 0.496 e. The number of hydrogen-bond donors (Lipinski definition) is 2. The number of fused-ring (bicyclic) bond motifs is 1. The van der Waals surface area contributed by atoms with Crippen molar-refractivity contribution in [3.05, 3.63) is 59.4 Å². The van der Waals surface area contributed by atoms with E-state index in [2.05, 4.69) is 9.97 Å². The molecule has 0 bridgehead atoms. The molecule has 7 nitrogen and oxygen atoms in total. The van der Waals surface area contributed by atoms with Crippen LogP contribution in [0.2, 0.25) is 0 Å². The van der Waals surface area contributed by atoms with Crippen molar-refractivity contribution in [2.45, 2.75) is 12.8 Å². The number of carboxylic acids is 1.